The first-order valence-electron chi connectivity index (χ1n) is 7.84. The van der Waals surface area contributed by atoms with E-state index in [1.54, 1.807) is 0 Å². The molecule has 0 saturated carbocycles. The SMILES string of the molecule is CCC(C)C1CN(CCc2ncon2)C(C(C)C)CN1. The van der Waals surface area contributed by atoms with E-state index in [1.807, 2.05) is 0 Å². The fourth-order valence-electron chi connectivity index (χ4n) is 2.98. The normalized spacial score (nSPS) is 26.1. The first-order chi connectivity index (χ1) is 9.61. The number of aromatic nitrogens is 2. The molecule has 0 aromatic carbocycles. The van der Waals surface area contributed by atoms with Crippen LogP contribution in [0.4, 0.5) is 0 Å². The quantitative estimate of drug-likeness (QED) is 0.863. The molecule has 0 aliphatic carbocycles. The number of nitrogens with one attached hydrogen (secondary N) is 1. The lowest BCUT2D eigenvalue weighted by Gasteiger charge is -2.44. The highest BCUT2D eigenvalue weighted by molar-refractivity contribution is 4.91. The van der Waals surface area contributed by atoms with Gasteiger partial charge in [-0.15, -0.1) is 0 Å². The smallest absolute Gasteiger partial charge is 0.213 e. The molecule has 3 atom stereocenters. The first kappa shape index (κ1) is 15.4. The van der Waals surface area contributed by atoms with Crippen molar-refractivity contribution in [2.75, 3.05) is 19.6 Å². The van der Waals surface area contributed by atoms with Gasteiger partial charge >= 0.3 is 0 Å². The second kappa shape index (κ2) is 7.18. The lowest BCUT2D eigenvalue weighted by atomic mass is 9.92. The Morgan fingerprint density at radius 2 is 2.25 bits per heavy atom. The summed E-state index contributed by atoms with van der Waals surface area (Å²) in [6, 6.07) is 1.20. The zero-order chi connectivity index (χ0) is 14.5. The molecule has 3 unspecified atom stereocenters. The minimum atomic E-state index is 0.597. The van der Waals surface area contributed by atoms with Crippen LogP contribution in [0.2, 0.25) is 0 Å². The standard InChI is InChI=1S/C15H28N4O/c1-5-12(4)13-9-19(14(8-16-13)11(2)3)7-6-15-17-10-20-18-15/h10-14,16H,5-9H2,1-4H3. The molecule has 0 amide bonds. The van der Waals surface area contributed by atoms with Crippen molar-refractivity contribution < 1.29 is 4.52 Å². The molecule has 5 nitrogen and oxygen atoms in total. The second-order valence-electron chi connectivity index (χ2n) is 6.30. The van der Waals surface area contributed by atoms with E-state index in [2.05, 4.69) is 48.1 Å². The lowest BCUT2D eigenvalue weighted by Crippen LogP contribution is -2.60. The van der Waals surface area contributed by atoms with E-state index in [0.29, 0.717) is 18.0 Å². The molecule has 1 N–H and O–H groups in total. The highest BCUT2D eigenvalue weighted by atomic mass is 16.5. The molecule has 1 aromatic heterocycles. The summed E-state index contributed by atoms with van der Waals surface area (Å²) in [6.07, 6.45) is 3.50. The summed E-state index contributed by atoms with van der Waals surface area (Å²) in [7, 11) is 0. The third kappa shape index (κ3) is 3.79. The van der Waals surface area contributed by atoms with E-state index in [-0.39, 0.29) is 0 Å². The molecule has 1 aromatic rings. The minimum Gasteiger partial charge on any atom is -0.343 e. The Morgan fingerprint density at radius 1 is 1.45 bits per heavy atom. The maximum absolute atomic E-state index is 4.81. The van der Waals surface area contributed by atoms with Gasteiger partial charge in [-0.05, 0) is 11.8 Å². The van der Waals surface area contributed by atoms with Crippen molar-refractivity contribution >= 4 is 0 Å². The molecule has 0 bridgehead atoms. The molecule has 114 valence electrons. The Labute approximate surface area is 122 Å². The number of nitrogens with zero attached hydrogens (tertiary/aromatic N) is 3. The maximum Gasteiger partial charge on any atom is 0.213 e. The largest absolute Gasteiger partial charge is 0.343 e. The predicted octanol–water partition coefficient (Wildman–Crippen LogP) is 1.96. The monoisotopic (exact) mass is 280 g/mol. The molecule has 1 aliphatic rings. The molecule has 1 aliphatic heterocycles. The maximum atomic E-state index is 4.81. The van der Waals surface area contributed by atoms with Crippen LogP contribution >= 0.6 is 0 Å². The van der Waals surface area contributed by atoms with Gasteiger partial charge in [-0.2, -0.15) is 4.98 Å². The van der Waals surface area contributed by atoms with Crippen LogP contribution in [0.5, 0.6) is 0 Å². The van der Waals surface area contributed by atoms with Gasteiger partial charge in [0.05, 0.1) is 0 Å². The predicted molar refractivity (Wildman–Crippen MR) is 79.4 cm³/mol. The fraction of sp³-hybridized carbons (Fsp3) is 0.867. The van der Waals surface area contributed by atoms with Crippen LogP contribution in [0, 0.1) is 11.8 Å². The van der Waals surface area contributed by atoms with E-state index in [0.717, 1.165) is 37.8 Å². The molecule has 0 radical (unpaired) electrons. The van der Waals surface area contributed by atoms with Gasteiger partial charge in [0.2, 0.25) is 6.39 Å². The molecule has 0 spiro atoms. The second-order valence-corrected chi connectivity index (χ2v) is 6.30. The summed E-state index contributed by atoms with van der Waals surface area (Å²) in [5.74, 6) is 2.19. The molecule has 20 heavy (non-hydrogen) atoms. The van der Waals surface area contributed by atoms with Crippen LogP contribution in [0.15, 0.2) is 10.9 Å². The van der Waals surface area contributed by atoms with Crippen molar-refractivity contribution in [2.24, 2.45) is 11.8 Å². The van der Waals surface area contributed by atoms with Crippen molar-refractivity contribution in [2.45, 2.75) is 52.6 Å². The van der Waals surface area contributed by atoms with Gasteiger partial charge in [0.1, 0.15) is 0 Å². The fourth-order valence-corrected chi connectivity index (χ4v) is 2.98. The number of rotatable bonds is 6. The Kier molecular flexibility index (Phi) is 5.54. The highest BCUT2D eigenvalue weighted by Crippen LogP contribution is 2.20. The molecule has 2 heterocycles. The van der Waals surface area contributed by atoms with Crippen LogP contribution < -0.4 is 5.32 Å². The molecule has 5 heteroatoms. The lowest BCUT2D eigenvalue weighted by molar-refractivity contribution is 0.0825. The van der Waals surface area contributed by atoms with Crippen LogP contribution in [-0.2, 0) is 6.42 Å². The van der Waals surface area contributed by atoms with E-state index in [4.69, 9.17) is 4.52 Å². The Balaban J connectivity index is 1.95. The van der Waals surface area contributed by atoms with Gasteiger partial charge in [-0.25, -0.2) is 0 Å². The average molecular weight is 280 g/mol. The zero-order valence-corrected chi connectivity index (χ0v) is 13.2. The van der Waals surface area contributed by atoms with E-state index >= 15 is 0 Å². The molecule has 1 saturated heterocycles. The van der Waals surface area contributed by atoms with Gasteiger partial charge in [0.25, 0.3) is 0 Å². The summed E-state index contributed by atoms with van der Waals surface area (Å²) in [6.45, 7) is 12.4. The van der Waals surface area contributed by atoms with Crippen LogP contribution in [0.3, 0.4) is 0 Å². The highest BCUT2D eigenvalue weighted by Gasteiger charge is 2.31. The topological polar surface area (TPSA) is 54.2 Å². The van der Waals surface area contributed by atoms with E-state index in [9.17, 15) is 0 Å². The van der Waals surface area contributed by atoms with E-state index < -0.39 is 0 Å². The number of hydrogen-bond acceptors (Lipinski definition) is 5. The van der Waals surface area contributed by atoms with Crippen molar-refractivity contribution in [3.63, 3.8) is 0 Å². The molecular weight excluding hydrogens is 252 g/mol. The summed E-state index contributed by atoms with van der Waals surface area (Å²) < 4.78 is 4.81. The van der Waals surface area contributed by atoms with Gasteiger partial charge < -0.3 is 9.84 Å². The van der Waals surface area contributed by atoms with Gasteiger partial charge in [0, 0.05) is 38.1 Å². The molecule has 2 rings (SSSR count). The van der Waals surface area contributed by atoms with Crippen molar-refractivity contribution in [1.29, 1.82) is 0 Å². The van der Waals surface area contributed by atoms with Crippen molar-refractivity contribution in [3.05, 3.63) is 12.2 Å². The summed E-state index contributed by atoms with van der Waals surface area (Å²) in [5.41, 5.74) is 0. The zero-order valence-electron chi connectivity index (χ0n) is 13.2. The Bertz CT molecular complexity index is 379. The number of hydrogen-bond donors (Lipinski definition) is 1. The van der Waals surface area contributed by atoms with Crippen molar-refractivity contribution in [3.8, 4) is 0 Å². The first-order valence-corrected chi connectivity index (χ1v) is 7.84. The van der Waals surface area contributed by atoms with Crippen LogP contribution in [-0.4, -0.2) is 46.8 Å². The average Bonchev–Trinajstić information content (AvgIpc) is 2.97. The Hall–Kier alpha value is -0.940. The van der Waals surface area contributed by atoms with Crippen LogP contribution in [0.1, 0.15) is 39.9 Å². The van der Waals surface area contributed by atoms with Gasteiger partial charge in [-0.1, -0.05) is 39.3 Å². The van der Waals surface area contributed by atoms with Gasteiger partial charge in [0.15, 0.2) is 5.82 Å². The molecular formula is C15H28N4O. The van der Waals surface area contributed by atoms with Crippen LogP contribution in [0.25, 0.3) is 0 Å². The summed E-state index contributed by atoms with van der Waals surface area (Å²) >= 11 is 0. The number of piperazine rings is 1. The third-order valence-electron chi connectivity index (χ3n) is 4.62. The summed E-state index contributed by atoms with van der Waals surface area (Å²) in [5, 5.41) is 7.65. The van der Waals surface area contributed by atoms with Gasteiger partial charge in [-0.3, -0.25) is 4.90 Å². The molecule has 1 fully saturated rings. The van der Waals surface area contributed by atoms with E-state index in [1.165, 1.54) is 12.8 Å². The summed E-state index contributed by atoms with van der Waals surface area (Å²) in [4.78, 5) is 6.73. The Morgan fingerprint density at radius 3 is 2.85 bits per heavy atom. The minimum absolute atomic E-state index is 0.597. The van der Waals surface area contributed by atoms with Crippen molar-refractivity contribution in [1.82, 2.24) is 20.4 Å². The third-order valence-corrected chi connectivity index (χ3v) is 4.62.